The predicted molar refractivity (Wildman–Crippen MR) is 74.7 cm³/mol. The Hall–Kier alpha value is -1.62. The number of amidine groups is 1. The van der Waals surface area contributed by atoms with Crippen molar-refractivity contribution >= 4 is 5.84 Å². The maximum atomic E-state index is 13.2. The standard InChI is InChI=1S/C14H22FN3O/c1-9(2)6-10(3)17-8-11-4-5-12(15)7-13(11)14(16)18-19/h4-5,7,9-10,17,19H,6,8H2,1-3H3,(H2,16,18). The molecule has 0 saturated carbocycles. The summed E-state index contributed by atoms with van der Waals surface area (Å²) in [5.41, 5.74) is 6.79. The van der Waals surface area contributed by atoms with Crippen molar-refractivity contribution in [3.05, 3.63) is 35.1 Å². The second-order valence-corrected chi connectivity index (χ2v) is 5.20. The van der Waals surface area contributed by atoms with E-state index in [1.54, 1.807) is 6.07 Å². The first-order valence-electron chi connectivity index (χ1n) is 6.43. The van der Waals surface area contributed by atoms with Crippen molar-refractivity contribution in [2.24, 2.45) is 16.8 Å². The van der Waals surface area contributed by atoms with E-state index in [1.807, 2.05) is 0 Å². The van der Waals surface area contributed by atoms with Crippen LogP contribution < -0.4 is 11.1 Å². The van der Waals surface area contributed by atoms with E-state index in [4.69, 9.17) is 10.9 Å². The topological polar surface area (TPSA) is 70.6 Å². The van der Waals surface area contributed by atoms with Crippen LogP contribution in [0.3, 0.4) is 0 Å². The van der Waals surface area contributed by atoms with Crippen LogP contribution in [0.1, 0.15) is 38.3 Å². The molecule has 1 unspecified atom stereocenters. The monoisotopic (exact) mass is 267 g/mol. The molecule has 19 heavy (non-hydrogen) atoms. The summed E-state index contributed by atoms with van der Waals surface area (Å²) in [6.07, 6.45) is 1.06. The molecule has 1 aromatic carbocycles. The number of rotatable bonds is 6. The zero-order valence-corrected chi connectivity index (χ0v) is 11.7. The summed E-state index contributed by atoms with van der Waals surface area (Å²) in [6.45, 7) is 6.99. The second kappa shape index (κ2) is 7.09. The van der Waals surface area contributed by atoms with Crippen LogP contribution in [-0.4, -0.2) is 17.1 Å². The molecule has 0 saturated heterocycles. The van der Waals surface area contributed by atoms with Crippen LogP contribution in [0.5, 0.6) is 0 Å². The summed E-state index contributed by atoms with van der Waals surface area (Å²) in [7, 11) is 0. The van der Waals surface area contributed by atoms with Gasteiger partial charge in [-0.15, -0.1) is 0 Å². The fourth-order valence-electron chi connectivity index (χ4n) is 2.07. The Morgan fingerprint density at radius 1 is 1.42 bits per heavy atom. The minimum absolute atomic E-state index is 0.0761. The third-order valence-corrected chi connectivity index (χ3v) is 2.92. The molecule has 0 aliphatic rings. The van der Waals surface area contributed by atoms with Gasteiger partial charge in [0.2, 0.25) is 0 Å². The van der Waals surface area contributed by atoms with Crippen LogP contribution >= 0.6 is 0 Å². The van der Waals surface area contributed by atoms with Crippen LogP contribution in [0.15, 0.2) is 23.4 Å². The molecule has 0 amide bonds. The third-order valence-electron chi connectivity index (χ3n) is 2.92. The fraction of sp³-hybridized carbons (Fsp3) is 0.500. The molecule has 4 nitrogen and oxygen atoms in total. The summed E-state index contributed by atoms with van der Waals surface area (Å²) in [4.78, 5) is 0. The Morgan fingerprint density at radius 2 is 2.11 bits per heavy atom. The number of benzene rings is 1. The maximum Gasteiger partial charge on any atom is 0.170 e. The summed E-state index contributed by atoms with van der Waals surface area (Å²) in [5, 5.41) is 15.0. The molecule has 4 N–H and O–H groups in total. The number of halogens is 1. The minimum atomic E-state index is -0.402. The zero-order valence-electron chi connectivity index (χ0n) is 11.7. The molecule has 0 heterocycles. The van der Waals surface area contributed by atoms with Gasteiger partial charge >= 0.3 is 0 Å². The average Bonchev–Trinajstić information content (AvgIpc) is 2.35. The Morgan fingerprint density at radius 3 is 2.68 bits per heavy atom. The van der Waals surface area contributed by atoms with Crippen molar-refractivity contribution in [1.82, 2.24) is 5.32 Å². The van der Waals surface area contributed by atoms with Crippen LogP contribution in [-0.2, 0) is 6.54 Å². The molecule has 0 fully saturated rings. The van der Waals surface area contributed by atoms with Gasteiger partial charge in [-0.1, -0.05) is 25.1 Å². The van der Waals surface area contributed by atoms with Crippen molar-refractivity contribution in [3.8, 4) is 0 Å². The van der Waals surface area contributed by atoms with Crippen LogP contribution in [0.2, 0.25) is 0 Å². The van der Waals surface area contributed by atoms with Crippen LogP contribution in [0.25, 0.3) is 0 Å². The quantitative estimate of drug-likeness (QED) is 0.321. The Bertz CT molecular complexity index is 446. The highest BCUT2D eigenvalue weighted by Crippen LogP contribution is 2.12. The normalized spacial score (nSPS) is 13.8. The summed E-state index contributed by atoms with van der Waals surface area (Å²) < 4.78 is 13.2. The first-order chi connectivity index (χ1) is 8.93. The number of nitrogens with zero attached hydrogens (tertiary/aromatic N) is 1. The van der Waals surface area contributed by atoms with Gasteiger partial charge < -0.3 is 16.3 Å². The molecule has 106 valence electrons. The zero-order chi connectivity index (χ0) is 14.4. The molecule has 0 radical (unpaired) electrons. The van der Waals surface area contributed by atoms with E-state index in [2.05, 4.69) is 31.2 Å². The molecule has 1 aromatic rings. The average molecular weight is 267 g/mol. The SMILES string of the molecule is CC(C)CC(C)NCc1ccc(F)cc1C(N)=NO. The molecule has 0 aromatic heterocycles. The largest absolute Gasteiger partial charge is 0.409 e. The number of nitrogens with one attached hydrogen (secondary N) is 1. The van der Waals surface area contributed by atoms with Gasteiger partial charge in [0, 0.05) is 18.2 Å². The molecule has 1 atom stereocenters. The van der Waals surface area contributed by atoms with E-state index in [0.29, 0.717) is 24.1 Å². The lowest BCUT2D eigenvalue weighted by molar-refractivity contribution is 0.318. The van der Waals surface area contributed by atoms with Gasteiger partial charge in [0.1, 0.15) is 5.82 Å². The highest BCUT2D eigenvalue weighted by atomic mass is 19.1. The van der Waals surface area contributed by atoms with Gasteiger partial charge in [-0.25, -0.2) is 4.39 Å². The Labute approximate surface area is 113 Å². The van der Waals surface area contributed by atoms with Crippen molar-refractivity contribution in [2.45, 2.75) is 39.8 Å². The number of nitrogens with two attached hydrogens (primary N) is 1. The van der Waals surface area contributed by atoms with E-state index in [1.165, 1.54) is 12.1 Å². The molecule has 0 spiro atoms. The van der Waals surface area contributed by atoms with Gasteiger partial charge in [0.05, 0.1) is 0 Å². The minimum Gasteiger partial charge on any atom is -0.409 e. The van der Waals surface area contributed by atoms with Gasteiger partial charge in [-0.05, 0) is 37.0 Å². The van der Waals surface area contributed by atoms with E-state index in [9.17, 15) is 4.39 Å². The smallest absolute Gasteiger partial charge is 0.170 e. The van der Waals surface area contributed by atoms with Crippen molar-refractivity contribution in [3.63, 3.8) is 0 Å². The van der Waals surface area contributed by atoms with E-state index in [-0.39, 0.29) is 5.84 Å². The van der Waals surface area contributed by atoms with Gasteiger partial charge in [-0.3, -0.25) is 0 Å². The summed E-state index contributed by atoms with van der Waals surface area (Å²) in [6, 6.07) is 4.65. The van der Waals surface area contributed by atoms with Gasteiger partial charge in [-0.2, -0.15) is 0 Å². The van der Waals surface area contributed by atoms with E-state index in [0.717, 1.165) is 12.0 Å². The molecular formula is C14H22FN3O. The van der Waals surface area contributed by atoms with Gasteiger partial charge in [0.25, 0.3) is 0 Å². The van der Waals surface area contributed by atoms with Gasteiger partial charge in [0.15, 0.2) is 5.84 Å². The number of oxime groups is 1. The highest BCUT2D eigenvalue weighted by molar-refractivity contribution is 5.98. The number of hydrogen-bond acceptors (Lipinski definition) is 3. The molecule has 5 heteroatoms. The summed E-state index contributed by atoms with van der Waals surface area (Å²) in [5.74, 6) is 0.132. The first kappa shape index (κ1) is 15.4. The number of hydrogen-bond donors (Lipinski definition) is 3. The molecule has 0 bridgehead atoms. The molecular weight excluding hydrogens is 245 g/mol. The Kier molecular flexibility index (Phi) is 5.76. The van der Waals surface area contributed by atoms with Crippen molar-refractivity contribution < 1.29 is 9.60 Å². The second-order valence-electron chi connectivity index (χ2n) is 5.20. The van der Waals surface area contributed by atoms with E-state index < -0.39 is 5.82 Å². The Balaban J connectivity index is 2.78. The lowest BCUT2D eigenvalue weighted by atomic mass is 10.0. The maximum absolute atomic E-state index is 13.2. The summed E-state index contributed by atoms with van der Waals surface area (Å²) >= 11 is 0. The third kappa shape index (κ3) is 4.87. The van der Waals surface area contributed by atoms with Crippen LogP contribution in [0, 0.1) is 11.7 Å². The highest BCUT2D eigenvalue weighted by Gasteiger charge is 2.10. The molecule has 1 rings (SSSR count). The first-order valence-corrected chi connectivity index (χ1v) is 6.43. The van der Waals surface area contributed by atoms with Crippen LogP contribution in [0.4, 0.5) is 4.39 Å². The lowest BCUT2D eigenvalue weighted by Crippen LogP contribution is -2.28. The fourth-order valence-corrected chi connectivity index (χ4v) is 2.07. The van der Waals surface area contributed by atoms with Crippen molar-refractivity contribution in [2.75, 3.05) is 0 Å². The molecule has 0 aliphatic heterocycles. The lowest BCUT2D eigenvalue weighted by Gasteiger charge is -2.17. The van der Waals surface area contributed by atoms with E-state index >= 15 is 0 Å². The predicted octanol–water partition coefficient (Wildman–Crippen LogP) is 2.44. The van der Waals surface area contributed by atoms with Crippen molar-refractivity contribution in [1.29, 1.82) is 0 Å². The molecule has 0 aliphatic carbocycles.